The van der Waals surface area contributed by atoms with Gasteiger partial charge in [-0.2, -0.15) is 0 Å². The zero-order valence-electron chi connectivity index (χ0n) is 45.6. The number of carbonyl (C=O) groups excluding carboxylic acids is 2. The maximum Gasteiger partial charge on any atom is 0.338 e. The topological polar surface area (TPSA) is 235 Å². The van der Waals surface area contributed by atoms with E-state index in [1.54, 1.807) is 72.6 Å². The van der Waals surface area contributed by atoms with Gasteiger partial charge in [0.1, 0.15) is 47.3 Å². The first-order valence-corrected chi connectivity index (χ1v) is 27.2. The molecule has 0 amide bonds. The molecule has 0 radical (unpaired) electrons. The molecule has 4 saturated heterocycles. The molecular weight excluding hydrogens is 977 g/mol. The number of ketones is 1. The molecule has 24 atom stereocenters. The lowest BCUT2D eigenvalue weighted by atomic mass is 9.42. The molecule has 0 aromatic heterocycles. The van der Waals surface area contributed by atoms with Crippen molar-refractivity contribution in [2.45, 2.75) is 247 Å². The number of ether oxygens (including phenoxy) is 13. The lowest BCUT2D eigenvalue weighted by Crippen LogP contribution is -2.78. The van der Waals surface area contributed by atoms with Crippen molar-refractivity contribution in [1.82, 2.24) is 0 Å². The van der Waals surface area contributed by atoms with Crippen molar-refractivity contribution in [3.8, 4) is 0 Å². The van der Waals surface area contributed by atoms with Gasteiger partial charge in [-0.05, 0) is 104 Å². The van der Waals surface area contributed by atoms with E-state index in [1.165, 1.54) is 6.92 Å². The molecule has 1 aromatic rings. The molecular formula is C56H84O19. The summed E-state index contributed by atoms with van der Waals surface area (Å²) < 4.78 is 81.6. The highest BCUT2D eigenvalue weighted by Gasteiger charge is 2.81. The highest BCUT2D eigenvalue weighted by molar-refractivity contribution is 5.90. The summed E-state index contributed by atoms with van der Waals surface area (Å²) in [7, 11) is 6.48. The second kappa shape index (κ2) is 22.2. The Kier molecular flexibility index (Phi) is 16.9. The standard InChI is InChI=1S/C56H84O19/c1-29-47(58)37(63-8)24-44(67-29)73-49-31(3)69-46(26-39(49)65-10)75-50-32(4)70-45(27-40(50)66-11)74-48-30(2)68-43(25-38(48)64-9)71-36-18-19-52(6)35(23-36)17-20-55(61)41(52)28-42(72-51(59)34-15-13-12-14-16-34)53(7)54(60,33(5)57)21-22-56(53,55)62/h12-17,29-32,36-50,58,60-62H,18-28H2,1-11H3/t29-,30+,31+,32-,36-,37+,38-,39-,40-,41+,42+,43-,44-,45-,46-,47-,48+,49+,50+,52-,53+,54+,55-,56+/m0/s1. The molecule has 19 heteroatoms. The average Bonchev–Trinajstić information content (AvgIpc) is 3.62. The molecule has 3 saturated carbocycles. The van der Waals surface area contributed by atoms with E-state index in [0.717, 1.165) is 5.57 Å². The molecule has 4 N–H and O–H groups in total. The smallest absolute Gasteiger partial charge is 0.338 e. The number of hydrogen-bond donors (Lipinski definition) is 4. The largest absolute Gasteiger partial charge is 0.458 e. The monoisotopic (exact) mass is 1060 g/mol. The number of esters is 1. The zero-order valence-corrected chi connectivity index (χ0v) is 45.6. The summed E-state index contributed by atoms with van der Waals surface area (Å²) in [6.45, 7) is 12.5. The van der Waals surface area contributed by atoms with Crippen molar-refractivity contribution in [2.24, 2.45) is 16.7 Å². The number of fused-ring (bicyclic) bond motifs is 5. The highest BCUT2D eigenvalue weighted by atomic mass is 16.8. The molecule has 7 fully saturated rings. The third-order valence-corrected chi connectivity index (χ3v) is 19.4. The summed E-state index contributed by atoms with van der Waals surface area (Å²) in [6, 6.07) is 8.53. The molecule has 19 nitrogen and oxygen atoms in total. The van der Waals surface area contributed by atoms with Gasteiger partial charge in [0.2, 0.25) is 0 Å². The maximum absolute atomic E-state index is 13.7. The van der Waals surface area contributed by atoms with Gasteiger partial charge in [0.05, 0.1) is 65.9 Å². The summed E-state index contributed by atoms with van der Waals surface area (Å²) in [5, 5.41) is 48.5. The number of benzene rings is 1. The molecule has 0 spiro atoms. The quantitative estimate of drug-likeness (QED) is 0.136. The van der Waals surface area contributed by atoms with Crippen molar-refractivity contribution in [3.63, 3.8) is 0 Å². The summed E-state index contributed by atoms with van der Waals surface area (Å²) in [6.07, 6.45) is -4.06. The predicted octanol–water partition coefficient (Wildman–Crippen LogP) is 4.84. The van der Waals surface area contributed by atoms with Crippen LogP contribution >= 0.6 is 0 Å². The third-order valence-electron chi connectivity index (χ3n) is 19.4. The number of hydrogen-bond acceptors (Lipinski definition) is 19. The number of aliphatic hydroxyl groups is 4. The molecule has 0 unspecified atom stereocenters. The van der Waals surface area contributed by atoms with Crippen molar-refractivity contribution in [3.05, 3.63) is 47.5 Å². The first-order chi connectivity index (χ1) is 35.6. The number of methoxy groups -OCH3 is 4. The fourth-order valence-electron chi connectivity index (χ4n) is 14.9. The van der Waals surface area contributed by atoms with Crippen LogP contribution < -0.4 is 0 Å². The summed E-state index contributed by atoms with van der Waals surface area (Å²) in [5.74, 6) is -1.75. The summed E-state index contributed by atoms with van der Waals surface area (Å²) in [4.78, 5) is 27.1. The number of rotatable bonds is 15. The Morgan fingerprint density at radius 3 is 1.60 bits per heavy atom. The van der Waals surface area contributed by atoms with Crippen molar-refractivity contribution in [1.29, 1.82) is 0 Å². The number of aliphatic hydroxyl groups excluding tert-OH is 1. The van der Waals surface area contributed by atoms with Gasteiger partial charge in [0.15, 0.2) is 30.9 Å². The van der Waals surface area contributed by atoms with Crippen LogP contribution in [0.25, 0.3) is 0 Å². The van der Waals surface area contributed by atoms with E-state index in [1.807, 2.05) is 26.8 Å². The van der Waals surface area contributed by atoms with E-state index in [0.29, 0.717) is 50.5 Å². The first-order valence-electron chi connectivity index (χ1n) is 27.2. The minimum atomic E-state index is -2.04. The normalized spacial score (nSPS) is 48.9. The molecule has 75 heavy (non-hydrogen) atoms. The Balaban J connectivity index is 0.810. The predicted molar refractivity (Wildman–Crippen MR) is 266 cm³/mol. The Bertz CT molecular complexity index is 2180. The third kappa shape index (κ3) is 10.0. The molecule has 4 aliphatic heterocycles. The van der Waals surface area contributed by atoms with Crippen LogP contribution in [0.3, 0.4) is 0 Å². The Morgan fingerprint density at radius 2 is 1.11 bits per heavy atom. The summed E-state index contributed by atoms with van der Waals surface area (Å²) in [5.41, 5.74) is -6.68. The second-order valence-electron chi connectivity index (χ2n) is 23.2. The fourth-order valence-corrected chi connectivity index (χ4v) is 14.9. The van der Waals surface area contributed by atoms with Gasteiger partial charge in [-0.3, -0.25) is 4.79 Å². The minimum absolute atomic E-state index is 0.0438. The van der Waals surface area contributed by atoms with Crippen molar-refractivity contribution < 1.29 is 91.6 Å². The molecule has 422 valence electrons. The minimum Gasteiger partial charge on any atom is -0.458 e. The van der Waals surface area contributed by atoms with Crippen LogP contribution in [0.4, 0.5) is 0 Å². The zero-order chi connectivity index (χ0) is 54.0. The van der Waals surface area contributed by atoms with Crippen LogP contribution in [-0.4, -0.2) is 188 Å². The van der Waals surface area contributed by atoms with E-state index in [9.17, 15) is 30.0 Å². The second-order valence-corrected chi connectivity index (χ2v) is 23.2. The van der Waals surface area contributed by atoms with Crippen molar-refractivity contribution in [2.75, 3.05) is 28.4 Å². The molecule has 4 heterocycles. The molecule has 0 bridgehead atoms. The van der Waals surface area contributed by atoms with Gasteiger partial charge < -0.3 is 82.0 Å². The van der Waals surface area contributed by atoms with E-state index < -0.39 is 144 Å². The van der Waals surface area contributed by atoms with Gasteiger partial charge >= 0.3 is 5.97 Å². The van der Waals surface area contributed by atoms with Crippen LogP contribution in [0, 0.1) is 16.7 Å². The van der Waals surface area contributed by atoms with Crippen LogP contribution in [-0.2, 0) is 66.4 Å². The van der Waals surface area contributed by atoms with Crippen LogP contribution in [0.5, 0.6) is 0 Å². The van der Waals surface area contributed by atoms with Gasteiger partial charge in [-0.25, -0.2) is 4.79 Å². The lowest BCUT2D eigenvalue weighted by Gasteiger charge is -2.67. The number of Topliss-reactive ketones (excluding diaryl/α,β-unsaturated/α-hetero) is 1. The fraction of sp³-hybridized carbons (Fsp3) is 0.821. The summed E-state index contributed by atoms with van der Waals surface area (Å²) >= 11 is 0. The van der Waals surface area contributed by atoms with Crippen LogP contribution in [0.15, 0.2) is 42.0 Å². The molecule has 4 aliphatic carbocycles. The van der Waals surface area contributed by atoms with Gasteiger partial charge in [-0.1, -0.05) is 36.8 Å². The van der Waals surface area contributed by atoms with Gasteiger partial charge in [0, 0.05) is 60.0 Å². The van der Waals surface area contributed by atoms with Crippen molar-refractivity contribution >= 4 is 11.8 Å². The Hall–Kier alpha value is -2.54. The van der Waals surface area contributed by atoms with Gasteiger partial charge in [-0.15, -0.1) is 0 Å². The van der Waals surface area contributed by atoms with Gasteiger partial charge in [0.25, 0.3) is 0 Å². The highest BCUT2D eigenvalue weighted by Crippen LogP contribution is 2.71. The first kappa shape index (κ1) is 57.2. The number of carbonyl (C=O) groups is 2. The SMILES string of the molecule is CO[C@H]1C[C@H](O[C@H]2[C@@H](OC)C[C@H](O[C@H]3CC[C@@]4(C)C(=CC[C@]5(O)[C@@H]4C[C@@H](OC(=O)c4ccccc4)[C@@]4(C)[C@]5(O)CC[C@@]4(O)C(C)=O)C3)O[C@@H]2C)O[C@@H](C)[C@H]1O[C@H]1C[C@H](OC)[C@H](O[C@H]2C[C@@H](OC)[C@@H](O)[C@H](C)O2)[C@@H](C)O1. The molecule has 8 aliphatic rings. The average molecular weight is 1060 g/mol. The molecule has 9 rings (SSSR count). The lowest BCUT2D eigenvalue weighted by molar-refractivity contribution is -0.347. The molecule has 1 aromatic carbocycles. The van der Waals surface area contributed by atoms with E-state index in [-0.39, 0.29) is 37.9 Å². The van der Waals surface area contributed by atoms with E-state index >= 15 is 0 Å². The Morgan fingerprint density at radius 1 is 0.627 bits per heavy atom. The Labute approximate surface area is 441 Å². The maximum atomic E-state index is 13.7. The van der Waals surface area contributed by atoms with Crippen LogP contribution in [0.1, 0.15) is 129 Å². The van der Waals surface area contributed by atoms with E-state index in [4.69, 9.17) is 61.6 Å². The van der Waals surface area contributed by atoms with E-state index in [2.05, 4.69) is 6.92 Å². The van der Waals surface area contributed by atoms with Crippen LogP contribution in [0.2, 0.25) is 0 Å².